The molecule has 1 aliphatic heterocycles. The van der Waals surface area contributed by atoms with Crippen LogP contribution < -0.4 is 15.8 Å². The molecule has 0 aliphatic carbocycles. The summed E-state index contributed by atoms with van der Waals surface area (Å²) in [5.74, 6) is 0.199. The normalized spacial score (nSPS) is 18.6. The second-order valence-electron chi connectivity index (χ2n) is 5.68. The summed E-state index contributed by atoms with van der Waals surface area (Å²) in [6, 6.07) is 4.07. The van der Waals surface area contributed by atoms with E-state index in [9.17, 15) is 8.42 Å². The number of aliphatic imine (C=N–C) groups is 1. The van der Waals surface area contributed by atoms with Crippen molar-refractivity contribution < 1.29 is 13.2 Å². The maximum absolute atomic E-state index is 11.9. The van der Waals surface area contributed by atoms with Crippen LogP contribution in [0.2, 0.25) is 0 Å². The zero-order valence-corrected chi connectivity index (χ0v) is 18.1. The molecule has 0 saturated carbocycles. The monoisotopic (exact) mass is 502 g/mol. The van der Waals surface area contributed by atoms with Crippen molar-refractivity contribution in [2.75, 3.05) is 32.0 Å². The molecule has 1 atom stereocenters. The van der Waals surface area contributed by atoms with Crippen LogP contribution >= 0.6 is 35.3 Å². The van der Waals surface area contributed by atoms with Crippen LogP contribution in [0.1, 0.15) is 24.1 Å². The zero-order chi connectivity index (χ0) is 17.3. The number of ether oxygens (including phenoxy) is 1. The Bertz CT molecular complexity index is 602. The maximum atomic E-state index is 11.9. The van der Waals surface area contributed by atoms with Gasteiger partial charge in [-0.25, -0.2) is 13.1 Å². The minimum absolute atomic E-state index is 0. The highest BCUT2D eigenvalue weighted by molar-refractivity contribution is 14.0. The molecule has 1 saturated heterocycles. The summed E-state index contributed by atoms with van der Waals surface area (Å²) in [4.78, 5) is 5.33. The van der Waals surface area contributed by atoms with Gasteiger partial charge in [-0.05, 0) is 37.1 Å². The number of rotatable bonds is 9. The molecule has 1 aromatic rings. The molecule has 4 N–H and O–H groups in total. The van der Waals surface area contributed by atoms with E-state index in [4.69, 9.17) is 10.5 Å². The number of thiophene rings is 1. The maximum Gasteiger partial charge on any atom is 0.213 e. The zero-order valence-electron chi connectivity index (χ0n) is 14.1. The second kappa shape index (κ2) is 12.0. The molecule has 2 rings (SSSR count). The molecule has 1 unspecified atom stereocenters. The minimum Gasteiger partial charge on any atom is -0.377 e. The van der Waals surface area contributed by atoms with E-state index >= 15 is 0 Å². The van der Waals surface area contributed by atoms with Crippen LogP contribution in [0.15, 0.2) is 22.5 Å². The van der Waals surface area contributed by atoms with Crippen molar-refractivity contribution >= 4 is 51.3 Å². The summed E-state index contributed by atoms with van der Waals surface area (Å²) in [7, 11) is -3.35. The summed E-state index contributed by atoms with van der Waals surface area (Å²) >= 11 is 1.69. The lowest BCUT2D eigenvalue weighted by atomic mass is 10.1. The van der Waals surface area contributed by atoms with E-state index in [-0.39, 0.29) is 48.3 Å². The number of hydrogen-bond donors (Lipinski definition) is 3. The number of halogens is 1. The Morgan fingerprint density at radius 3 is 2.96 bits per heavy atom. The van der Waals surface area contributed by atoms with E-state index in [1.54, 1.807) is 11.3 Å². The van der Waals surface area contributed by atoms with Crippen molar-refractivity contribution in [2.45, 2.75) is 31.8 Å². The Labute approximate surface area is 170 Å². The summed E-state index contributed by atoms with van der Waals surface area (Å²) in [6.07, 6.45) is 3.90. The molecular weight excluding hydrogens is 475 g/mol. The summed E-state index contributed by atoms with van der Waals surface area (Å²) in [5, 5.41) is 5.02. The lowest BCUT2D eigenvalue weighted by molar-refractivity contribution is 0.0200. The first-order chi connectivity index (χ1) is 11.6. The third-order valence-electron chi connectivity index (χ3n) is 3.70. The highest BCUT2D eigenvalue weighted by Gasteiger charge is 2.17. The van der Waals surface area contributed by atoms with E-state index < -0.39 is 10.0 Å². The second-order valence-corrected chi connectivity index (χ2v) is 8.64. The fourth-order valence-electron chi connectivity index (χ4n) is 2.37. The Morgan fingerprint density at radius 1 is 1.44 bits per heavy atom. The molecule has 10 heteroatoms. The van der Waals surface area contributed by atoms with Gasteiger partial charge >= 0.3 is 0 Å². The predicted octanol–water partition coefficient (Wildman–Crippen LogP) is 1.30. The Balaban J connectivity index is 0.00000312. The van der Waals surface area contributed by atoms with Crippen molar-refractivity contribution in [1.82, 2.24) is 10.0 Å². The molecule has 144 valence electrons. The van der Waals surface area contributed by atoms with E-state index in [1.807, 2.05) is 11.4 Å². The molecule has 1 aromatic heterocycles. The molecule has 25 heavy (non-hydrogen) atoms. The average Bonchev–Trinajstić information content (AvgIpc) is 3.07. The summed E-state index contributed by atoms with van der Waals surface area (Å²) in [5.41, 5.74) is 5.74. The fraction of sp³-hybridized carbons (Fsp3) is 0.667. The van der Waals surface area contributed by atoms with E-state index in [0.29, 0.717) is 19.7 Å². The van der Waals surface area contributed by atoms with E-state index in [2.05, 4.69) is 21.1 Å². The van der Waals surface area contributed by atoms with Gasteiger partial charge in [0.25, 0.3) is 0 Å². The van der Waals surface area contributed by atoms with E-state index in [1.165, 1.54) is 4.88 Å². The first-order valence-electron chi connectivity index (χ1n) is 8.20. The quantitative estimate of drug-likeness (QED) is 0.268. The molecule has 0 spiro atoms. The number of sulfonamides is 1. The van der Waals surface area contributed by atoms with Gasteiger partial charge in [0.15, 0.2) is 5.96 Å². The molecule has 1 fully saturated rings. The third-order valence-corrected chi connectivity index (χ3v) is 5.97. The number of nitrogens with one attached hydrogen (secondary N) is 2. The lowest BCUT2D eigenvalue weighted by Gasteiger charge is -2.22. The van der Waals surface area contributed by atoms with Gasteiger partial charge in [0.2, 0.25) is 10.0 Å². The van der Waals surface area contributed by atoms with Crippen molar-refractivity contribution in [3.63, 3.8) is 0 Å². The van der Waals surface area contributed by atoms with Crippen LogP contribution in [0.25, 0.3) is 0 Å². The van der Waals surface area contributed by atoms with Crippen molar-refractivity contribution in [2.24, 2.45) is 10.7 Å². The number of nitrogens with two attached hydrogens (primary N) is 1. The SMILES string of the molecule is I.NC(=NCCS(=O)(=O)NCC1CCCCO1)NCCc1cccs1. The smallest absolute Gasteiger partial charge is 0.213 e. The van der Waals surface area contributed by atoms with Crippen molar-refractivity contribution in [3.05, 3.63) is 22.4 Å². The number of nitrogens with zero attached hydrogens (tertiary/aromatic N) is 1. The molecule has 7 nitrogen and oxygen atoms in total. The highest BCUT2D eigenvalue weighted by Crippen LogP contribution is 2.11. The Kier molecular flexibility index (Phi) is 10.9. The lowest BCUT2D eigenvalue weighted by Crippen LogP contribution is -2.37. The molecule has 0 radical (unpaired) electrons. The van der Waals surface area contributed by atoms with Crippen LogP contribution in [-0.4, -0.2) is 52.5 Å². The highest BCUT2D eigenvalue weighted by atomic mass is 127. The van der Waals surface area contributed by atoms with Gasteiger partial charge in [-0.1, -0.05) is 6.07 Å². The topological polar surface area (TPSA) is 106 Å². The minimum atomic E-state index is -3.35. The fourth-order valence-corrected chi connectivity index (χ4v) is 4.00. The average molecular weight is 502 g/mol. The van der Waals surface area contributed by atoms with Crippen LogP contribution in [0.3, 0.4) is 0 Å². The van der Waals surface area contributed by atoms with Crippen LogP contribution in [0, 0.1) is 0 Å². The Morgan fingerprint density at radius 2 is 2.28 bits per heavy atom. The molecule has 0 bridgehead atoms. The van der Waals surface area contributed by atoms with Gasteiger partial charge in [0.05, 0.1) is 18.4 Å². The van der Waals surface area contributed by atoms with Gasteiger partial charge in [-0.3, -0.25) is 4.99 Å². The van der Waals surface area contributed by atoms with Crippen LogP contribution in [0.5, 0.6) is 0 Å². The van der Waals surface area contributed by atoms with Gasteiger partial charge in [0, 0.05) is 24.6 Å². The summed E-state index contributed by atoms with van der Waals surface area (Å²) < 4.78 is 31.9. The first-order valence-corrected chi connectivity index (χ1v) is 10.7. The van der Waals surface area contributed by atoms with Crippen molar-refractivity contribution in [1.29, 1.82) is 0 Å². The van der Waals surface area contributed by atoms with Gasteiger partial charge in [-0.2, -0.15) is 0 Å². The third kappa shape index (κ3) is 9.73. The largest absolute Gasteiger partial charge is 0.377 e. The van der Waals surface area contributed by atoms with Gasteiger partial charge in [0.1, 0.15) is 0 Å². The molecule has 2 heterocycles. The summed E-state index contributed by atoms with van der Waals surface area (Å²) in [6.45, 7) is 1.86. The van der Waals surface area contributed by atoms with Crippen molar-refractivity contribution in [3.8, 4) is 0 Å². The molecular formula is C15H27IN4O3S2. The van der Waals surface area contributed by atoms with Gasteiger partial charge < -0.3 is 15.8 Å². The standard InChI is InChI=1S/C15H26N4O3S2.HI/c16-15(17-7-6-14-5-3-10-23-14)18-8-11-24(20,21)19-12-13-4-1-2-9-22-13;/h3,5,10,13,19H,1-2,4,6-9,11-12H2,(H3,16,17,18);1H. The molecule has 0 aromatic carbocycles. The first kappa shape index (κ1) is 22.6. The van der Waals surface area contributed by atoms with Crippen LogP contribution in [0.4, 0.5) is 0 Å². The molecule has 1 aliphatic rings. The number of hydrogen-bond acceptors (Lipinski definition) is 5. The van der Waals surface area contributed by atoms with E-state index in [0.717, 1.165) is 25.7 Å². The molecule has 0 amide bonds. The predicted molar refractivity (Wildman–Crippen MR) is 113 cm³/mol. The van der Waals surface area contributed by atoms with Gasteiger partial charge in [-0.15, -0.1) is 35.3 Å². The number of guanidine groups is 1. The Hall–Kier alpha value is -0.430. The van der Waals surface area contributed by atoms with Crippen LogP contribution in [-0.2, 0) is 21.2 Å².